The highest BCUT2D eigenvalue weighted by Crippen LogP contribution is 2.34. The van der Waals surface area contributed by atoms with Crippen LogP contribution in [0.2, 0.25) is 0 Å². The average Bonchev–Trinajstić information content (AvgIpc) is 3.04. The highest BCUT2D eigenvalue weighted by molar-refractivity contribution is 5.35. The molecule has 0 amide bonds. The Morgan fingerprint density at radius 2 is 1.72 bits per heavy atom. The number of ether oxygens (including phenoxy) is 1. The Kier molecular flexibility index (Phi) is 4.57. The maximum Gasteiger partial charge on any atom is 0.123 e. The van der Waals surface area contributed by atoms with Gasteiger partial charge >= 0.3 is 0 Å². The quantitative estimate of drug-likeness (QED) is 0.700. The van der Waals surface area contributed by atoms with E-state index >= 15 is 0 Å². The molecule has 0 saturated heterocycles. The van der Waals surface area contributed by atoms with Crippen LogP contribution < -0.4 is 4.74 Å². The summed E-state index contributed by atoms with van der Waals surface area (Å²) in [6.07, 6.45) is 3.36. The highest BCUT2D eigenvalue weighted by Gasteiger charge is 2.27. The van der Waals surface area contributed by atoms with Crippen molar-refractivity contribution in [2.45, 2.75) is 25.6 Å². The summed E-state index contributed by atoms with van der Waals surface area (Å²) in [5.41, 5.74) is 3.96. The summed E-state index contributed by atoms with van der Waals surface area (Å²) in [6, 6.07) is 23.9. The SMILES string of the molecule is COc1ccccc1CN1CCCn2cccc2[C@@H]1c1ccccc1. The normalized spacial score (nSPS) is 17.7. The van der Waals surface area contributed by atoms with Gasteiger partial charge in [-0.1, -0.05) is 48.5 Å². The first kappa shape index (κ1) is 16.0. The van der Waals surface area contributed by atoms with Crippen molar-refractivity contribution >= 4 is 0 Å². The van der Waals surface area contributed by atoms with Gasteiger partial charge in [0.1, 0.15) is 5.75 Å². The van der Waals surface area contributed by atoms with Crippen molar-refractivity contribution in [3.8, 4) is 5.75 Å². The lowest BCUT2D eigenvalue weighted by Crippen LogP contribution is -2.29. The van der Waals surface area contributed by atoms with Crippen molar-refractivity contribution in [1.29, 1.82) is 0 Å². The van der Waals surface area contributed by atoms with E-state index in [0.29, 0.717) is 0 Å². The second kappa shape index (κ2) is 7.16. The summed E-state index contributed by atoms with van der Waals surface area (Å²) in [5, 5.41) is 0. The molecule has 3 heteroatoms. The fourth-order valence-electron chi connectivity index (χ4n) is 3.88. The summed E-state index contributed by atoms with van der Waals surface area (Å²) in [6.45, 7) is 3.03. The van der Waals surface area contributed by atoms with E-state index in [4.69, 9.17) is 4.74 Å². The molecular weight excluding hydrogens is 308 g/mol. The Hall–Kier alpha value is -2.52. The molecule has 1 aliphatic rings. The molecular formula is C22H24N2O. The van der Waals surface area contributed by atoms with E-state index in [1.807, 2.05) is 12.1 Å². The van der Waals surface area contributed by atoms with Crippen LogP contribution in [0.1, 0.15) is 29.3 Å². The molecule has 3 nitrogen and oxygen atoms in total. The van der Waals surface area contributed by atoms with Crippen LogP contribution >= 0.6 is 0 Å². The van der Waals surface area contributed by atoms with Gasteiger partial charge in [-0.15, -0.1) is 0 Å². The Balaban J connectivity index is 1.74. The van der Waals surface area contributed by atoms with Gasteiger partial charge in [0, 0.05) is 37.1 Å². The number of rotatable bonds is 4. The van der Waals surface area contributed by atoms with E-state index < -0.39 is 0 Å². The van der Waals surface area contributed by atoms with Crippen LogP contribution in [-0.4, -0.2) is 23.1 Å². The zero-order chi connectivity index (χ0) is 17.1. The molecule has 25 heavy (non-hydrogen) atoms. The molecule has 0 fully saturated rings. The van der Waals surface area contributed by atoms with Gasteiger partial charge in [0.05, 0.1) is 13.2 Å². The number of aromatic nitrogens is 1. The molecule has 0 N–H and O–H groups in total. The molecule has 0 saturated carbocycles. The van der Waals surface area contributed by atoms with Crippen molar-refractivity contribution in [2.24, 2.45) is 0 Å². The minimum Gasteiger partial charge on any atom is -0.496 e. The van der Waals surface area contributed by atoms with Gasteiger partial charge in [-0.25, -0.2) is 0 Å². The van der Waals surface area contributed by atoms with Gasteiger partial charge in [0.2, 0.25) is 0 Å². The first-order valence-corrected chi connectivity index (χ1v) is 8.93. The zero-order valence-electron chi connectivity index (χ0n) is 14.6. The van der Waals surface area contributed by atoms with Crippen LogP contribution in [0, 0.1) is 0 Å². The van der Waals surface area contributed by atoms with E-state index in [1.165, 1.54) is 16.8 Å². The van der Waals surface area contributed by atoms with Crippen molar-refractivity contribution < 1.29 is 4.74 Å². The fourth-order valence-corrected chi connectivity index (χ4v) is 3.88. The third-order valence-electron chi connectivity index (χ3n) is 5.04. The minimum absolute atomic E-state index is 0.267. The summed E-state index contributed by atoms with van der Waals surface area (Å²) in [5.74, 6) is 0.967. The van der Waals surface area contributed by atoms with Gasteiger partial charge < -0.3 is 9.30 Å². The standard InChI is InChI=1S/C22H24N2O/c1-25-21-13-6-5-11-19(21)17-24-16-8-15-23-14-7-12-20(23)22(24)18-9-3-2-4-10-18/h2-7,9-14,22H,8,15-17H2,1H3/t22-/m0/s1. The van der Waals surface area contributed by atoms with Crippen LogP contribution in [0.5, 0.6) is 5.75 Å². The van der Waals surface area contributed by atoms with E-state index in [0.717, 1.165) is 31.8 Å². The number of fused-ring (bicyclic) bond motifs is 1. The van der Waals surface area contributed by atoms with Crippen LogP contribution in [-0.2, 0) is 13.1 Å². The monoisotopic (exact) mass is 332 g/mol. The molecule has 2 aromatic carbocycles. The van der Waals surface area contributed by atoms with Crippen molar-refractivity contribution in [3.63, 3.8) is 0 Å². The number of benzene rings is 2. The summed E-state index contributed by atoms with van der Waals surface area (Å²) < 4.78 is 7.98. The van der Waals surface area contributed by atoms with Crippen molar-refractivity contribution in [3.05, 3.63) is 89.7 Å². The van der Waals surface area contributed by atoms with Crippen molar-refractivity contribution in [2.75, 3.05) is 13.7 Å². The number of methoxy groups -OCH3 is 1. The van der Waals surface area contributed by atoms with Gasteiger partial charge in [0.15, 0.2) is 0 Å². The summed E-state index contributed by atoms with van der Waals surface area (Å²) >= 11 is 0. The lowest BCUT2D eigenvalue weighted by atomic mass is 10.0. The van der Waals surface area contributed by atoms with Gasteiger partial charge in [-0.3, -0.25) is 4.90 Å². The van der Waals surface area contributed by atoms with Gasteiger partial charge in [-0.2, -0.15) is 0 Å². The molecule has 0 unspecified atom stereocenters. The molecule has 1 aromatic heterocycles. The second-order valence-corrected chi connectivity index (χ2v) is 6.58. The Bertz CT molecular complexity index is 825. The molecule has 0 radical (unpaired) electrons. The Morgan fingerprint density at radius 1 is 0.920 bits per heavy atom. The molecule has 2 heterocycles. The third kappa shape index (κ3) is 3.20. The summed E-state index contributed by atoms with van der Waals surface area (Å²) in [4.78, 5) is 2.58. The number of hydrogen-bond acceptors (Lipinski definition) is 2. The first-order valence-electron chi connectivity index (χ1n) is 8.93. The maximum atomic E-state index is 5.58. The predicted molar refractivity (Wildman–Crippen MR) is 101 cm³/mol. The summed E-state index contributed by atoms with van der Waals surface area (Å²) in [7, 11) is 1.75. The molecule has 128 valence electrons. The van der Waals surface area contributed by atoms with Crippen LogP contribution in [0.25, 0.3) is 0 Å². The third-order valence-corrected chi connectivity index (χ3v) is 5.04. The lowest BCUT2D eigenvalue weighted by molar-refractivity contribution is 0.217. The predicted octanol–water partition coefficient (Wildman–Crippen LogP) is 4.49. The van der Waals surface area contributed by atoms with Crippen LogP contribution in [0.15, 0.2) is 72.9 Å². The number of hydrogen-bond donors (Lipinski definition) is 0. The van der Waals surface area contributed by atoms with E-state index in [9.17, 15) is 0 Å². The van der Waals surface area contributed by atoms with Gasteiger partial charge in [0.25, 0.3) is 0 Å². The second-order valence-electron chi connectivity index (χ2n) is 6.58. The highest BCUT2D eigenvalue weighted by atomic mass is 16.5. The number of aryl methyl sites for hydroxylation is 1. The first-order chi connectivity index (χ1) is 12.4. The van der Waals surface area contributed by atoms with Crippen molar-refractivity contribution in [1.82, 2.24) is 9.47 Å². The molecule has 3 aromatic rings. The lowest BCUT2D eigenvalue weighted by Gasteiger charge is -2.31. The average molecular weight is 332 g/mol. The van der Waals surface area contributed by atoms with E-state index in [2.05, 4.69) is 70.3 Å². The van der Waals surface area contributed by atoms with E-state index in [-0.39, 0.29) is 6.04 Å². The molecule has 0 spiro atoms. The molecule has 4 rings (SSSR count). The molecule has 1 atom stereocenters. The smallest absolute Gasteiger partial charge is 0.123 e. The zero-order valence-corrected chi connectivity index (χ0v) is 14.6. The molecule has 1 aliphatic heterocycles. The fraction of sp³-hybridized carbons (Fsp3) is 0.273. The topological polar surface area (TPSA) is 17.4 Å². The van der Waals surface area contributed by atoms with Gasteiger partial charge in [-0.05, 0) is 30.2 Å². The molecule has 0 bridgehead atoms. The largest absolute Gasteiger partial charge is 0.496 e. The van der Waals surface area contributed by atoms with Crippen LogP contribution in [0.3, 0.4) is 0 Å². The molecule has 0 aliphatic carbocycles. The minimum atomic E-state index is 0.267. The Morgan fingerprint density at radius 3 is 2.56 bits per heavy atom. The maximum absolute atomic E-state index is 5.58. The van der Waals surface area contributed by atoms with E-state index in [1.54, 1.807) is 7.11 Å². The number of para-hydroxylation sites is 1. The number of nitrogens with zero attached hydrogens (tertiary/aromatic N) is 2. The Labute approximate surface area is 149 Å². The van der Waals surface area contributed by atoms with Crippen LogP contribution in [0.4, 0.5) is 0 Å².